The van der Waals surface area contributed by atoms with Gasteiger partial charge in [0.05, 0.1) is 6.61 Å². The van der Waals surface area contributed by atoms with Crippen LogP contribution in [-0.4, -0.2) is 60.2 Å². The molecule has 1 N–H and O–H groups in total. The van der Waals surface area contributed by atoms with Gasteiger partial charge in [-0.2, -0.15) is 0 Å². The summed E-state index contributed by atoms with van der Waals surface area (Å²) in [7, 11) is 2.13. The average Bonchev–Trinajstić information content (AvgIpc) is 3.20. The molecule has 3 aromatic carbocycles. The number of likely N-dealkylation sites (tertiary alicyclic amines) is 1. The molecule has 1 fully saturated rings. The molecule has 0 spiro atoms. The first-order valence-electron chi connectivity index (χ1n) is 15.2. The van der Waals surface area contributed by atoms with Gasteiger partial charge >= 0.3 is 6.09 Å². The molecular formula is C36H43N3O4. The Hall–Kier alpha value is -4.10. The van der Waals surface area contributed by atoms with Crippen LogP contribution >= 0.6 is 0 Å². The van der Waals surface area contributed by atoms with Crippen molar-refractivity contribution in [3.8, 4) is 16.9 Å². The zero-order valence-electron chi connectivity index (χ0n) is 26.0. The third-order valence-electron chi connectivity index (χ3n) is 8.03. The number of rotatable bonds is 6. The molecule has 43 heavy (non-hydrogen) atoms. The normalized spacial score (nSPS) is 15.7. The Morgan fingerprint density at radius 2 is 1.65 bits per heavy atom. The van der Waals surface area contributed by atoms with E-state index >= 15 is 0 Å². The fourth-order valence-electron chi connectivity index (χ4n) is 5.57. The smallest absolute Gasteiger partial charge is 0.410 e. The molecule has 2 amide bonds. The van der Waals surface area contributed by atoms with E-state index in [-0.39, 0.29) is 12.0 Å². The highest BCUT2D eigenvalue weighted by Crippen LogP contribution is 2.31. The summed E-state index contributed by atoms with van der Waals surface area (Å²) < 4.78 is 11.5. The molecule has 0 saturated carbocycles. The second-order valence-corrected chi connectivity index (χ2v) is 12.7. The maximum atomic E-state index is 13.3. The molecule has 0 aromatic heterocycles. The van der Waals surface area contributed by atoms with Crippen LogP contribution < -0.4 is 10.1 Å². The quantitative estimate of drug-likeness (QED) is 0.331. The van der Waals surface area contributed by atoms with E-state index in [0.717, 1.165) is 47.5 Å². The summed E-state index contributed by atoms with van der Waals surface area (Å²) in [5, 5.41) is 3.07. The number of fused-ring (bicyclic) bond motifs is 1. The van der Waals surface area contributed by atoms with Gasteiger partial charge in [-0.05, 0) is 94.6 Å². The van der Waals surface area contributed by atoms with Crippen LogP contribution in [-0.2, 0) is 16.1 Å². The number of ether oxygens (including phenoxy) is 2. The van der Waals surface area contributed by atoms with Crippen molar-refractivity contribution in [2.24, 2.45) is 0 Å². The topological polar surface area (TPSA) is 71.1 Å². The van der Waals surface area contributed by atoms with Gasteiger partial charge in [-0.3, -0.25) is 9.69 Å². The third-order valence-corrected chi connectivity index (χ3v) is 8.03. The Kier molecular flexibility index (Phi) is 9.21. The summed E-state index contributed by atoms with van der Waals surface area (Å²) in [5.41, 5.74) is 6.52. The molecule has 0 unspecified atom stereocenters. The molecule has 5 rings (SSSR count). The molecule has 2 aliphatic rings. The Morgan fingerprint density at radius 1 is 0.977 bits per heavy atom. The highest BCUT2D eigenvalue weighted by Gasteiger charge is 2.28. The molecular weight excluding hydrogens is 538 g/mol. The van der Waals surface area contributed by atoms with Crippen LogP contribution in [0.25, 0.3) is 17.2 Å². The van der Waals surface area contributed by atoms with Crippen LogP contribution in [0.3, 0.4) is 0 Å². The second-order valence-electron chi connectivity index (χ2n) is 12.7. The number of nitrogens with zero attached hydrogens (tertiary/aromatic N) is 2. The largest absolute Gasteiger partial charge is 0.493 e. The number of aryl methyl sites for hydroxylation is 1. The minimum atomic E-state index is -0.477. The van der Waals surface area contributed by atoms with Crippen LogP contribution in [0.1, 0.15) is 56.7 Å². The van der Waals surface area contributed by atoms with Crippen molar-refractivity contribution >= 4 is 23.8 Å². The van der Waals surface area contributed by atoms with Gasteiger partial charge < -0.3 is 19.7 Å². The van der Waals surface area contributed by atoms with E-state index in [9.17, 15) is 9.59 Å². The molecule has 226 valence electrons. The van der Waals surface area contributed by atoms with Crippen LogP contribution in [0.15, 0.2) is 72.3 Å². The number of benzene rings is 3. The van der Waals surface area contributed by atoms with Gasteiger partial charge in [0.2, 0.25) is 0 Å². The molecule has 0 bridgehead atoms. The SMILES string of the molecule is Cc1ccc(-c2ccc3c(c2)C=C(C(=O)Nc2ccc(CN(C)C4CCN(C(=O)OC(C)(C)C)CC4)cc2)CCO3)cc1. The van der Waals surface area contributed by atoms with Crippen LogP contribution in [0, 0.1) is 6.92 Å². The lowest BCUT2D eigenvalue weighted by Gasteiger charge is -2.37. The molecule has 0 aliphatic carbocycles. The number of nitrogens with one attached hydrogen (secondary N) is 1. The minimum absolute atomic E-state index is 0.112. The Morgan fingerprint density at radius 3 is 2.33 bits per heavy atom. The maximum Gasteiger partial charge on any atom is 0.410 e. The highest BCUT2D eigenvalue weighted by molar-refractivity contribution is 6.07. The lowest BCUT2D eigenvalue weighted by atomic mass is 10.00. The van der Waals surface area contributed by atoms with Crippen molar-refractivity contribution in [1.29, 1.82) is 0 Å². The van der Waals surface area contributed by atoms with E-state index in [1.54, 1.807) is 0 Å². The van der Waals surface area contributed by atoms with Gasteiger partial charge in [-0.1, -0.05) is 48.0 Å². The first-order chi connectivity index (χ1) is 20.5. The lowest BCUT2D eigenvalue weighted by Crippen LogP contribution is -2.46. The first kappa shape index (κ1) is 30.4. The third kappa shape index (κ3) is 8.05. The first-order valence-corrected chi connectivity index (χ1v) is 15.2. The maximum absolute atomic E-state index is 13.3. The van der Waals surface area contributed by atoms with E-state index in [0.29, 0.717) is 37.7 Å². The van der Waals surface area contributed by atoms with Gasteiger partial charge in [0, 0.05) is 48.9 Å². The van der Waals surface area contributed by atoms with E-state index in [1.807, 2.05) is 49.9 Å². The van der Waals surface area contributed by atoms with Crippen molar-refractivity contribution in [3.63, 3.8) is 0 Å². The molecule has 7 heteroatoms. The Bertz CT molecular complexity index is 1460. The van der Waals surface area contributed by atoms with Gasteiger partial charge in [-0.15, -0.1) is 0 Å². The number of hydrogen-bond donors (Lipinski definition) is 1. The summed E-state index contributed by atoms with van der Waals surface area (Å²) >= 11 is 0. The number of carbonyl (C=O) groups excluding carboxylic acids is 2. The fourth-order valence-corrected chi connectivity index (χ4v) is 5.57. The van der Waals surface area contributed by atoms with E-state index in [4.69, 9.17) is 9.47 Å². The monoisotopic (exact) mass is 581 g/mol. The van der Waals surface area contributed by atoms with Crippen LogP contribution in [0.2, 0.25) is 0 Å². The number of amides is 2. The molecule has 0 radical (unpaired) electrons. The Labute approximate surface area is 255 Å². The summed E-state index contributed by atoms with van der Waals surface area (Å²) in [6.45, 7) is 10.4. The van der Waals surface area contributed by atoms with E-state index in [2.05, 4.69) is 72.7 Å². The molecule has 3 aromatic rings. The molecule has 0 atom stereocenters. The van der Waals surface area contributed by atoms with E-state index in [1.165, 1.54) is 11.1 Å². The number of carbonyl (C=O) groups is 2. The van der Waals surface area contributed by atoms with Crippen molar-refractivity contribution in [1.82, 2.24) is 9.80 Å². The number of hydrogen-bond acceptors (Lipinski definition) is 5. The van der Waals surface area contributed by atoms with Crippen molar-refractivity contribution in [3.05, 3.63) is 89.0 Å². The second kappa shape index (κ2) is 13.0. The predicted octanol–water partition coefficient (Wildman–Crippen LogP) is 7.30. The van der Waals surface area contributed by atoms with Gasteiger partial charge in [0.15, 0.2) is 0 Å². The summed E-state index contributed by atoms with van der Waals surface area (Å²) in [5.74, 6) is 0.682. The molecule has 7 nitrogen and oxygen atoms in total. The van der Waals surface area contributed by atoms with Crippen LogP contribution in [0.4, 0.5) is 10.5 Å². The summed E-state index contributed by atoms with van der Waals surface area (Å²) in [4.78, 5) is 29.8. The van der Waals surface area contributed by atoms with Crippen molar-refractivity contribution in [2.75, 3.05) is 32.1 Å². The zero-order chi connectivity index (χ0) is 30.6. The average molecular weight is 582 g/mol. The Balaban J connectivity index is 1.16. The summed E-state index contributed by atoms with van der Waals surface area (Å²) in [6, 6.07) is 23.0. The van der Waals surface area contributed by atoms with Crippen molar-refractivity contribution in [2.45, 2.75) is 65.1 Å². The van der Waals surface area contributed by atoms with Gasteiger partial charge in [0.1, 0.15) is 11.4 Å². The minimum Gasteiger partial charge on any atom is -0.493 e. The van der Waals surface area contributed by atoms with E-state index < -0.39 is 5.60 Å². The van der Waals surface area contributed by atoms with Gasteiger partial charge in [0.25, 0.3) is 5.91 Å². The summed E-state index contributed by atoms with van der Waals surface area (Å²) in [6.07, 6.45) is 4.09. The molecule has 2 heterocycles. The standard InChI is InChI=1S/C36H43N3O4/c1-25-6-10-27(11-7-25)28-12-15-33-30(22-28)23-29(18-21-42-33)34(40)37-31-13-8-26(9-14-31)24-38(5)32-16-19-39(20-17-32)35(41)43-36(2,3)4/h6-15,22-23,32H,16-21,24H2,1-5H3,(H,37,40). The zero-order valence-corrected chi connectivity index (χ0v) is 26.0. The van der Waals surface area contributed by atoms with Crippen molar-refractivity contribution < 1.29 is 19.1 Å². The number of piperidine rings is 1. The predicted molar refractivity (Wildman–Crippen MR) is 172 cm³/mol. The lowest BCUT2D eigenvalue weighted by molar-refractivity contribution is -0.113. The number of anilines is 1. The van der Waals surface area contributed by atoms with Gasteiger partial charge in [-0.25, -0.2) is 4.79 Å². The fraction of sp³-hybridized carbons (Fsp3) is 0.389. The van der Waals surface area contributed by atoms with Crippen LogP contribution in [0.5, 0.6) is 5.75 Å². The highest BCUT2D eigenvalue weighted by atomic mass is 16.6. The molecule has 1 saturated heterocycles. The molecule has 2 aliphatic heterocycles.